The van der Waals surface area contributed by atoms with Gasteiger partial charge in [-0.2, -0.15) is 0 Å². The van der Waals surface area contributed by atoms with Crippen LogP contribution in [-0.2, 0) is 18.5 Å². The van der Waals surface area contributed by atoms with Crippen LogP contribution < -0.4 is 15.6 Å². The lowest BCUT2D eigenvalue weighted by Gasteiger charge is -2.55. The molecule has 1 aliphatic heterocycles. The number of allylic oxidation sites excluding steroid dienone is 1. The molecule has 2 heterocycles. The number of methoxy groups -OCH3 is 1. The van der Waals surface area contributed by atoms with Gasteiger partial charge in [-0.1, -0.05) is 55.5 Å². The lowest BCUT2D eigenvalue weighted by Crippen LogP contribution is -2.59. The van der Waals surface area contributed by atoms with Crippen LogP contribution in [0.1, 0.15) is 74.6 Å². The largest absolute Gasteiger partial charge is 0.496 e. The maximum Gasteiger partial charge on any atom is 0.248 e. The van der Waals surface area contributed by atoms with Crippen molar-refractivity contribution in [2.45, 2.75) is 76.3 Å². The molecule has 2 N–H and O–H groups in total. The summed E-state index contributed by atoms with van der Waals surface area (Å²) in [4.78, 5) is 20.1. The van der Waals surface area contributed by atoms with E-state index in [0.717, 1.165) is 57.0 Å². The summed E-state index contributed by atoms with van der Waals surface area (Å²) in [5.41, 5.74) is 5.39. The highest BCUT2D eigenvalue weighted by Gasteiger charge is 2.51. The van der Waals surface area contributed by atoms with Crippen LogP contribution in [0.15, 0.2) is 52.8 Å². The van der Waals surface area contributed by atoms with E-state index >= 15 is 0 Å². The molecule has 1 aromatic heterocycles. The van der Waals surface area contributed by atoms with Crippen LogP contribution in [0.25, 0.3) is 0 Å². The molecular formula is C34H50N4O2. The second-order valence-corrected chi connectivity index (χ2v) is 12.6. The number of nitrogens with one attached hydrogen (secondary N) is 2. The smallest absolute Gasteiger partial charge is 0.248 e. The fourth-order valence-electron chi connectivity index (χ4n) is 7.75. The minimum absolute atomic E-state index is 0.00680. The number of pyridine rings is 1. The first-order valence-corrected chi connectivity index (χ1v) is 15.6. The molecule has 2 bridgehead atoms. The maximum atomic E-state index is 12.0. The van der Waals surface area contributed by atoms with Crippen LogP contribution in [0.4, 0.5) is 0 Å². The number of aromatic nitrogens is 1. The average molecular weight is 547 g/mol. The number of piperidine rings is 1. The summed E-state index contributed by atoms with van der Waals surface area (Å²) in [6.07, 6.45) is 15.0. The third-order valence-corrected chi connectivity index (χ3v) is 9.59. The van der Waals surface area contributed by atoms with Gasteiger partial charge in [0.25, 0.3) is 0 Å². The van der Waals surface area contributed by atoms with Crippen molar-refractivity contribution in [3.05, 3.63) is 75.2 Å². The van der Waals surface area contributed by atoms with E-state index in [9.17, 15) is 4.79 Å². The van der Waals surface area contributed by atoms with E-state index in [1.165, 1.54) is 62.5 Å². The van der Waals surface area contributed by atoms with E-state index in [1.54, 1.807) is 18.7 Å². The first kappa shape index (κ1) is 29.1. The molecule has 0 spiro atoms. The Hall–Kier alpha value is -2.41. The normalized spacial score (nSPS) is 23.6. The summed E-state index contributed by atoms with van der Waals surface area (Å²) in [6, 6.07) is 12.2. The third kappa shape index (κ3) is 6.72. The maximum absolute atomic E-state index is 12.0. The number of H-pyrrole nitrogens is 1. The number of unbranched alkanes of at least 4 members (excludes halogenated alkanes) is 5. The molecule has 0 radical (unpaired) electrons. The summed E-state index contributed by atoms with van der Waals surface area (Å²) < 4.78 is 5.49. The monoisotopic (exact) mass is 546 g/mol. The molecule has 218 valence electrons. The van der Waals surface area contributed by atoms with Crippen molar-refractivity contribution in [3.63, 3.8) is 0 Å². The van der Waals surface area contributed by atoms with Crippen LogP contribution in [-0.4, -0.2) is 62.2 Å². The minimum Gasteiger partial charge on any atom is -0.496 e. The lowest BCUT2D eigenvalue weighted by molar-refractivity contribution is 0.0853. The zero-order chi connectivity index (χ0) is 28.0. The lowest BCUT2D eigenvalue weighted by atomic mass is 9.57. The standard InChI is InChI=1S/C34H50N4O2/c1-37(19-10-6-4-5-7-11-20-38(2)25-27-13-8-9-15-32(27)40-3)24-26-21-28-22-31-30(16-17-33(39)36-31)34(23-26)29(28)14-12-18-35-34/h8-9,13,15-17,21,28-29,35H,4-7,10-12,14,18-20,22-25H2,1-3H3,(H,36,39). The highest BCUT2D eigenvalue weighted by atomic mass is 16.5. The molecule has 6 nitrogen and oxygen atoms in total. The van der Waals surface area contributed by atoms with E-state index in [1.807, 2.05) is 12.1 Å². The Morgan fingerprint density at radius 2 is 1.68 bits per heavy atom. The van der Waals surface area contributed by atoms with Crippen molar-refractivity contribution >= 4 is 0 Å². The Bertz CT molecular complexity index is 1210. The van der Waals surface area contributed by atoms with Gasteiger partial charge in [0.2, 0.25) is 5.56 Å². The van der Waals surface area contributed by atoms with Gasteiger partial charge in [0.15, 0.2) is 0 Å². The Labute approximate surface area is 241 Å². The molecule has 0 saturated carbocycles. The minimum atomic E-state index is 0.00680. The van der Waals surface area contributed by atoms with Crippen LogP contribution in [0, 0.1) is 11.8 Å². The van der Waals surface area contributed by atoms with Gasteiger partial charge in [0.05, 0.1) is 12.6 Å². The molecule has 2 aromatic rings. The van der Waals surface area contributed by atoms with Crippen LogP contribution in [0.2, 0.25) is 0 Å². The predicted molar refractivity (Wildman–Crippen MR) is 164 cm³/mol. The van der Waals surface area contributed by atoms with Crippen molar-refractivity contribution in [3.8, 4) is 5.75 Å². The molecule has 1 aromatic carbocycles. The highest BCUT2D eigenvalue weighted by molar-refractivity contribution is 5.40. The second kappa shape index (κ2) is 13.5. The number of para-hydroxylation sites is 1. The van der Waals surface area contributed by atoms with Crippen molar-refractivity contribution < 1.29 is 4.74 Å². The van der Waals surface area contributed by atoms with Gasteiger partial charge in [-0.15, -0.1) is 0 Å². The number of nitrogens with zero attached hydrogens (tertiary/aromatic N) is 2. The van der Waals surface area contributed by atoms with Crippen LogP contribution >= 0.6 is 0 Å². The molecule has 0 amide bonds. The number of benzene rings is 1. The fraction of sp³-hybridized carbons (Fsp3) is 0.618. The number of hydrogen-bond acceptors (Lipinski definition) is 5. The summed E-state index contributed by atoms with van der Waals surface area (Å²) >= 11 is 0. The zero-order valence-electron chi connectivity index (χ0n) is 25.0. The SMILES string of the molecule is COc1ccccc1CN(C)CCCCCCCCN(C)CC1=CC2Cc3[nH]c(=O)ccc3C3(C1)NCCCC23. The molecule has 5 rings (SSSR count). The number of rotatable bonds is 14. The summed E-state index contributed by atoms with van der Waals surface area (Å²) in [5, 5.41) is 3.96. The fourth-order valence-corrected chi connectivity index (χ4v) is 7.75. The average Bonchev–Trinajstić information content (AvgIpc) is 2.94. The number of ether oxygens (including phenoxy) is 1. The van der Waals surface area contributed by atoms with E-state index in [0.29, 0.717) is 11.8 Å². The predicted octanol–water partition coefficient (Wildman–Crippen LogP) is 5.49. The molecule has 1 saturated heterocycles. The first-order chi connectivity index (χ1) is 19.5. The van der Waals surface area contributed by atoms with Gasteiger partial charge in [-0.05, 0) is 102 Å². The van der Waals surface area contributed by atoms with Gasteiger partial charge in [0, 0.05) is 30.4 Å². The summed E-state index contributed by atoms with van der Waals surface area (Å²) in [6.45, 7) is 5.37. The second-order valence-electron chi connectivity index (χ2n) is 12.6. The molecule has 3 aliphatic rings. The molecule has 2 aliphatic carbocycles. The summed E-state index contributed by atoms with van der Waals surface area (Å²) in [5.74, 6) is 2.17. The number of fused-ring (bicyclic) bond motifs is 1. The van der Waals surface area contributed by atoms with Crippen molar-refractivity contribution in [1.82, 2.24) is 20.1 Å². The highest BCUT2D eigenvalue weighted by Crippen LogP contribution is 2.52. The topological polar surface area (TPSA) is 60.6 Å². The van der Waals surface area contributed by atoms with Gasteiger partial charge < -0.3 is 24.8 Å². The number of aromatic amines is 1. The van der Waals surface area contributed by atoms with Crippen molar-refractivity contribution in [2.24, 2.45) is 11.8 Å². The van der Waals surface area contributed by atoms with E-state index in [4.69, 9.17) is 4.74 Å². The van der Waals surface area contributed by atoms with Gasteiger partial charge in [-0.25, -0.2) is 0 Å². The van der Waals surface area contributed by atoms with E-state index in [-0.39, 0.29) is 11.1 Å². The van der Waals surface area contributed by atoms with Crippen LogP contribution in [0.5, 0.6) is 5.75 Å². The van der Waals surface area contributed by atoms with Gasteiger partial charge in [-0.3, -0.25) is 4.79 Å². The third-order valence-electron chi connectivity index (χ3n) is 9.59. The Kier molecular flexibility index (Phi) is 9.82. The number of hydrogen-bond donors (Lipinski definition) is 2. The Morgan fingerprint density at radius 1 is 0.950 bits per heavy atom. The molecule has 1 fully saturated rings. The van der Waals surface area contributed by atoms with E-state index in [2.05, 4.69) is 58.5 Å². The van der Waals surface area contributed by atoms with Gasteiger partial charge in [0.1, 0.15) is 5.75 Å². The molecule has 40 heavy (non-hydrogen) atoms. The summed E-state index contributed by atoms with van der Waals surface area (Å²) in [7, 11) is 6.25. The van der Waals surface area contributed by atoms with Crippen molar-refractivity contribution in [1.29, 1.82) is 0 Å². The Balaban J connectivity index is 1.00. The van der Waals surface area contributed by atoms with E-state index < -0.39 is 0 Å². The molecule has 6 heteroatoms. The molecule has 3 unspecified atom stereocenters. The quantitative estimate of drug-likeness (QED) is 0.243. The number of likely N-dealkylation sites (N-methyl/N-ethyl adjacent to an activating group) is 1. The molecular weight excluding hydrogens is 496 g/mol. The zero-order valence-corrected chi connectivity index (χ0v) is 25.0. The molecule has 3 atom stereocenters. The van der Waals surface area contributed by atoms with Crippen molar-refractivity contribution in [2.75, 3.05) is 47.4 Å². The van der Waals surface area contributed by atoms with Gasteiger partial charge >= 0.3 is 0 Å². The first-order valence-electron chi connectivity index (χ1n) is 15.6. The van der Waals surface area contributed by atoms with Crippen LogP contribution in [0.3, 0.4) is 0 Å². The Morgan fingerprint density at radius 3 is 2.45 bits per heavy atom.